The second-order valence-corrected chi connectivity index (χ2v) is 6.47. The zero-order chi connectivity index (χ0) is 16.4. The molecule has 0 fully saturated rings. The fourth-order valence-corrected chi connectivity index (χ4v) is 2.88. The number of rotatable bonds is 4. The SMILES string of the molecule is Cc1cccc(C)c1-n1nc(CC(C)C)nc1-c1ccccc1. The summed E-state index contributed by atoms with van der Waals surface area (Å²) in [6.07, 6.45) is 0.887. The molecule has 118 valence electrons. The summed E-state index contributed by atoms with van der Waals surface area (Å²) in [6, 6.07) is 16.6. The van der Waals surface area contributed by atoms with E-state index in [-0.39, 0.29) is 0 Å². The van der Waals surface area contributed by atoms with Crippen LogP contribution in [0.4, 0.5) is 0 Å². The summed E-state index contributed by atoms with van der Waals surface area (Å²) in [7, 11) is 0. The molecule has 0 unspecified atom stereocenters. The maximum Gasteiger partial charge on any atom is 0.163 e. The summed E-state index contributed by atoms with van der Waals surface area (Å²) in [5.41, 5.74) is 4.65. The van der Waals surface area contributed by atoms with E-state index in [9.17, 15) is 0 Å². The van der Waals surface area contributed by atoms with Crippen molar-refractivity contribution < 1.29 is 0 Å². The molecular formula is C20H23N3. The number of hydrogen-bond donors (Lipinski definition) is 0. The molecule has 0 bridgehead atoms. The van der Waals surface area contributed by atoms with Gasteiger partial charge in [-0.2, -0.15) is 5.10 Å². The van der Waals surface area contributed by atoms with Crippen LogP contribution in [0, 0.1) is 19.8 Å². The van der Waals surface area contributed by atoms with Crippen LogP contribution in [0.3, 0.4) is 0 Å². The molecule has 3 rings (SSSR count). The van der Waals surface area contributed by atoms with Gasteiger partial charge < -0.3 is 0 Å². The van der Waals surface area contributed by atoms with Gasteiger partial charge in [0, 0.05) is 12.0 Å². The molecule has 0 saturated carbocycles. The Hall–Kier alpha value is -2.42. The van der Waals surface area contributed by atoms with E-state index in [2.05, 4.69) is 58.0 Å². The van der Waals surface area contributed by atoms with E-state index in [1.165, 1.54) is 11.1 Å². The lowest BCUT2D eigenvalue weighted by Gasteiger charge is -2.12. The zero-order valence-electron chi connectivity index (χ0n) is 14.2. The minimum atomic E-state index is 0.535. The standard InChI is InChI=1S/C20H23N3/c1-14(2)13-18-21-20(17-11-6-5-7-12-17)23(22-18)19-15(3)9-8-10-16(19)4/h5-12,14H,13H2,1-4H3. The van der Waals surface area contributed by atoms with E-state index in [0.29, 0.717) is 5.92 Å². The molecule has 2 aromatic carbocycles. The van der Waals surface area contributed by atoms with Gasteiger partial charge in [0.1, 0.15) is 0 Å². The Bertz CT molecular complexity index is 781. The van der Waals surface area contributed by atoms with E-state index >= 15 is 0 Å². The fourth-order valence-electron chi connectivity index (χ4n) is 2.88. The molecule has 0 aliphatic heterocycles. The van der Waals surface area contributed by atoms with Gasteiger partial charge in [0.05, 0.1) is 5.69 Å². The van der Waals surface area contributed by atoms with E-state index in [1.54, 1.807) is 0 Å². The Labute approximate surface area is 138 Å². The average Bonchev–Trinajstić information content (AvgIpc) is 2.90. The van der Waals surface area contributed by atoms with E-state index in [1.807, 2.05) is 22.9 Å². The highest BCUT2D eigenvalue weighted by atomic mass is 15.4. The van der Waals surface area contributed by atoms with E-state index in [0.717, 1.165) is 29.3 Å². The van der Waals surface area contributed by atoms with Crippen molar-refractivity contribution in [1.29, 1.82) is 0 Å². The van der Waals surface area contributed by atoms with Crippen molar-refractivity contribution in [3.8, 4) is 17.1 Å². The first-order valence-corrected chi connectivity index (χ1v) is 8.14. The van der Waals surface area contributed by atoms with Gasteiger partial charge in [0.25, 0.3) is 0 Å². The van der Waals surface area contributed by atoms with Crippen molar-refractivity contribution in [2.75, 3.05) is 0 Å². The molecule has 0 saturated heterocycles. The van der Waals surface area contributed by atoms with Crippen molar-refractivity contribution >= 4 is 0 Å². The number of benzene rings is 2. The maximum absolute atomic E-state index is 4.83. The summed E-state index contributed by atoms with van der Waals surface area (Å²) in [5, 5.41) is 4.82. The maximum atomic E-state index is 4.83. The monoisotopic (exact) mass is 305 g/mol. The first-order valence-electron chi connectivity index (χ1n) is 8.14. The van der Waals surface area contributed by atoms with Crippen LogP contribution in [0.5, 0.6) is 0 Å². The topological polar surface area (TPSA) is 30.7 Å². The number of nitrogens with zero attached hydrogens (tertiary/aromatic N) is 3. The van der Waals surface area contributed by atoms with Crippen molar-refractivity contribution in [2.24, 2.45) is 5.92 Å². The minimum absolute atomic E-state index is 0.535. The van der Waals surface area contributed by atoms with Crippen LogP contribution in [0.25, 0.3) is 17.1 Å². The van der Waals surface area contributed by atoms with E-state index in [4.69, 9.17) is 10.1 Å². The Morgan fingerprint density at radius 2 is 1.57 bits per heavy atom. The van der Waals surface area contributed by atoms with Crippen molar-refractivity contribution in [3.05, 3.63) is 65.5 Å². The third kappa shape index (κ3) is 3.19. The predicted octanol–water partition coefficient (Wildman–Crippen LogP) is 4.75. The molecular weight excluding hydrogens is 282 g/mol. The van der Waals surface area contributed by atoms with Gasteiger partial charge in [0.15, 0.2) is 11.6 Å². The van der Waals surface area contributed by atoms with Gasteiger partial charge >= 0.3 is 0 Å². The summed E-state index contributed by atoms with van der Waals surface area (Å²) < 4.78 is 2.01. The molecule has 3 aromatic rings. The lowest BCUT2D eigenvalue weighted by molar-refractivity contribution is 0.618. The number of aryl methyl sites for hydroxylation is 2. The van der Waals surface area contributed by atoms with Gasteiger partial charge in [0.2, 0.25) is 0 Å². The van der Waals surface area contributed by atoms with E-state index < -0.39 is 0 Å². The van der Waals surface area contributed by atoms with Crippen LogP contribution in [0.15, 0.2) is 48.5 Å². The number of aromatic nitrogens is 3. The molecule has 0 aliphatic rings. The van der Waals surface area contributed by atoms with Crippen LogP contribution in [-0.2, 0) is 6.42 Å². The number of hydrogen-bond acceptors (Lipinski definition) is 2. The molecule has 0 radical (unpaired) electrons. The molecule has 0 spiro atoms. The highest BCUT2D eigenvalue weighted by Gasteiger charge is 2.16. The largest absolute Gasteiger partial charge is 0.212 e. The average molecular weight is 305 g/mol. The molecule has 1 aromatic heterocycles. The Kier molecular flexibility index (Phi) is 4.28. The van der Waals surface area contributed by atoms with Gasteiger partial charge in [-0.15, -0.1) is 0 Å². The molecule has 23 heavy (non-hydrogen) atoms. The second-order valence-electron chi connectivity index (χ2n) is 6.47. The van der Waals surface area contributed by atoms with Crippen LogP contribution in [0.2, 0.25) is 0 Å². The van der Waals surface area contributed by atoms with Gasteiger partial charge in [-0.1, -0.05) is 62.4 Å². The molecule has 0 aliphatic carbocycles. The fraction of sp³-hybridized carbons (Fsp3) is 0.300. The lowest BCUT2D eigenvalue weighted by atomic mass is 10.1. The highest BCUT2D eigenvalue weighted by Crippen LogP contribution is 2.25. The smallest absolute Gasteiger partial charge is 0.163 e. The number of para-hydroxylation sites is 1. The molecule has 0 amide bonds. The predicted molar refractivity (Wildman–Crippen MR) is 94.8 cm³/mol. The summed E-state index contributed by atoms with van der Waals surface area (Å²) >= 11 is 0. The lowest BCUT2D eigenvalue weighted by Crippen LogP contribution is -2.05. The van der Waals surface area contributed by atoms with Crippen LogP contribution in [0.1, 0.15) is 30.8 Å². The van der Waals surface area contributed by atoms with Crippen molar-refractivity contribution in [1.82, 2.24) is 14.8 Å². The van der Waals surface area contributed by atoms with Gasteiger partial charge in [-0.05, 0) is 30.9 Å². The van der Waals surface area contributed by atoms with Crippen LogP contribution >= 0.6 is 0 Å². The van der Waals surface area contributed by atoms with Gasteiger partial charge in [-0.25, -0.2) is 9.67 Å². The van der Waals surface area contributed by atoms with Crippen molar-refractivity contribution in [2.45, 2.75) is 34.1 Å². The summed E-state index contributed by atoms with van der Waals surface area (Å²) in [6.45, 7) is 8.64. The Morgan fingerprint density at radius 1 is 0.913 bits per heavy atom. The van der Waals surface area contributed by atoms with Crippen LogP contribution in [-0.4, -0.2) is 14.8 Å². The third-order valence-corrected chi connectivity index (χ3v) is 3.93. The molecule has 1 heterocycles. The Balaban J connectivity index is 2.20. The zero-order valence-corrected chi connectivity index (χ0v) is 14.2. The quantitative estimate of drug-likeness (QED) is 0.696. The normalized spacial score (nSPS) is 11.2. The summed E-state index contributed by atoms with van der Waals surface area (Å²) in [5.74, 6) is 2.35. The first-order chi connectivity index (χ1) is 11.1. The first kappa shape index (κ1) is 15.5. The van der Waals surface area contributed by atoms with Crippen LogP contribution < -0.4 is 0 Å². The molecule has 3 heteroatoms. The second kappa shape index (κ2) is 6.37. The Morgan fingerprint density at radius 3 is 2.17 bits per heavy atom. The third-order valence-electron chi connectivity index (χ3n) is 3.93. The van der Waals surface area contributed by atoms with Gasteiger partial charge in [-0.3, -0.25) is 0 Å². The molecule has 0 N–H and O–H groups in total. The minimum Gasteiger partial charge on any atom is -0.212 e. The highest BCUT2D eigenvalue weighted by molar-refractivity contribution is 5.60. The summed E-state index contributed by atoms with van der Waals surface area (Å²) in [4.78, 5) is 4.83. The molecule has 0 atom stereocenters. The van der Waals surface area contributed by atoms with Crippen molar-refractivity contribution in [3.63, 3.8) is 0 Å². The molecule has 3 nitrogen and oxygen atoms in total.